The number of rotatable bonds is 6. The molecule has 1 saturated heterocycles. The van der Waals surface area contributed by atoms with Gasteiger partial charge in [0.25, 0.3) is 5.91 Å². The number of hydrogen-bond donors (Lipinski definition) is 2. The summed E-state index contributed by atoms with van der Waals surface area (Å²) in [5, 5.41) is 5.65. The van der Waals surface area contributed by atoms with Gasteiger partial charge in [0.15, 0.2) is 0 Å². The van der Waals surface area contributed by atoms with Crippen molar-refractivity contribution in [2.45, 2.75) is 26.7 Å². The average molecular weight is 379 g/mol. The number of nitrogens with one attached hydrogen (secondary N) is 2. The van der Waals surface area contributed by atoms with Crippen molar-refractivity contribution in [1.29, 1.82) is 0 Å². The molecule has 1 heterocycles. The van der Waals surface area contributed by atoms with Gasteiger partial charge < -0.3 is 15.5 Å². The molecule has 2 aromatic rings. The number of amides is 3. The molecular formula is C22H25N3O3. The van der Waals surface area contributed by atoms with Crippen LogP contribution in [0.4, 0.5) is 11.4 Å². The van der Waals surface area contributed by atoms with E-state index in [4.69, 9.17) is 0 Å². The van der Waals surface area contributed by atoms with Gasteiger partial charge in [-0.2, -0.15) is 0 Å². The van der Waals surface area contributed by atoms with Crippen LogP contribution in [-0.2, 0) is 9.59 Å². The minimum Gasteiger partial charge on any atom is -0.352 e. The van der Waals surface area contributed by atoms with Gasteiger partial charge in [-0.25, -0.2) is 0 Å². The summed E-state index contributed by atoms with van der Waals surface area (Å²) >= 11 is 0. The molecule has 1 aliphatic heterocycles. The van der Waals surface area contributed by atoms with Gasteiger partial charge in [-0.3, -0.25) is 14.4 Å². The normalized spacial score (nSPS) is 16.1. The van der Waals surface area contributed by atoms with Crippen LogP contribution in [0.1, 0.15) is 35.7 Å². The van der Waals surface area contributed by atoms with Crippen molar-refractivity contribution < 1.29 is 14.4 Å². The van der Waals surface area contributed by atoms with Crippen LogP contribution in [0.5, 0.6) is 0 Å². The smallest absolute Gasteiger partial charge is 0.253 e. The number of nitrogens with zero attached hydrogens (tertiary/aromatic N) is 1. The number of carbonyl (C=O) groups excluding carboxylic acids is 3. The number of anilines is 2. The van der Waals surface area contributed by atoms with Crippen molar-refractivity contribution in [3.05, 3.63) is 59.7 Å². The van der Waals surface area contributed by atoms with E-state index >= 15 is 0 Å². The van der Waals surface area contributed by atoms with E-state index in [-0.39, 0.29) is 24.1 Å². The monoisotopic (exact) mass is 379 g/mol. The van der Waals surface area contributed by atoms with Crippen LogP contribution in [0.15, 0.2) is 48.5 Å². The van der Waals surface area contributed by atoms with Crippen LogP contribution in [0.2, 0.25) is 0 Å². The zero-order valence-electron chi connectivity index (χ0n) is 16.2. The van der Waals surface area contributed by atoms with Gasteiger partial charge in [0.2, 0.25) is 11.8 Å². The van der Waals surface area contributed by atoms with Crippen molar-refractivity contribution in [3.63, 3.8) is 0 Å². The Morgan fingerprint density at radius 1 is 1.11 bits per heavy atom. The molecule has 6 heteroatoms. The summed E-state index contributed by atoms with van der Waals surface area (Å²) in [4.78, 5) is 39.1. The minimum absolute atomic E-state index is 0.0713. The fourth-order valence-corrected chi connectivity index (χ4v) is 3.22. The van der Waals surface area contributed by atoms with Crippen molar-refractivity contribution in [2.75, 3.05) is 23.3 Å². The Balaban J connectivity index is 1.70. The molecule has 1 fully saturated rings. The first-order chi connectivity index (χ1) is 13.5. The second-order valence-electron chi connectivity index (χ2n) is 7.03. The van der Waals surface area contributed by atoms with Crippen LogP contribution in [0.3, 0.4) is 0 Å². The second kappa shape index (κ2) is 8.69. The van der Waals surface area contributed by atoms with Gasteiger partial charge in [0.05, 0.1) is 17.2 Å². The Hall–Kier alpha value is -3.15. The zero-order valence-corrected chi connectivity index (χ0v) is 16.2. The lowest BCUT2D eigenvalue weighted by Crippen LogP contribution is -2.29. The number of carbonyl (C=O) groups is 3. The van der Waals surface area contributed by atoms with Crippen LogP contribution in [-0.4, -0.2) is 30.8 Å². The third kappa shape index (κ3) is 4.39. The summed E-state index contributed by atoms with van der Waals surface area (Å²) in [6.07, 6.45) is 0.989. The third-order valence-electron chi connectivity index (χ3n) is 4.81. The highest BCUT2D eigenvalue weighted by atomic mass is 16.2. The highest BCUT2D eigenvalue weighted by Gasteiger charge is 2.35. The molecular weight excluding hydrogens is 354 g/mol. The molecule has 1 atom stereocenters. The molecule has 1 aliphatic rings. The Morgan fingerprint density at radius 3 is 2.54 bits per heavy atom. The molecule has 0 bridgehead atoms. The van der Waals surface area contributed by atoms with E-state index in [1.165, 1.54) is 0 Å². The summed E-state index contributed by atoms with van der Waals surface area (Å²) in [5.74, 6) is -1.00. The first-order valence-corrected chi connectivity index (χ1v) is 9.54. The molecule has 0 saturated carbocycles. The molecule has 2 aromatic carbocycles. The zero-order chi connectivity index (χ0) is 20.1. The number of aryl methyl sites for hydroxylation is 1. The molecule has 0 radical (unpaired) electrons. The maximum atomic E-state index is 12.8. The Kier molecular flexibility index (Phi) is 6.09. The highest BCUT2D eigenvalue weighted by Crippen LogP contribution is 2.27. The standard InChI is InChI=1S/C22H25N3O3/c1-3-12-23-22(28)18-6-4-5-7-19(18)24-21(27)16-13-20(26)25(14-16)17-10-8-15(2)9-11-17/h4-11,16H,3,12-14H2,1-2H3,(H,23,28)(H,24,27)/t16-/m0/s1. The van der Waals surface area contributed by atoms with Crippen molar-refractivity contribution in [3.8, 4) is 0 Å². The van der Waals surface area contributed by atoms with Crippen molar-refractivity contribution in [2.24, 2.45) is 5.92 Å². The van der Waals surface area contributed by atoms with Crippen LogP contribution < -0.4 is 15.5 Å². The highest BCUT2D eigenvalue weighted by molar-refractivity contribution is 6.07. The third-order valence-corrected chi connectivity index (χ3v) is 4.81. The van der Waals surface area contributed by atoms with E-state index in [1.54, 1.807) is 29.2 Å². The first-order valence-electron chi connectivity index (χ1n) is 9.54. The Morgan fingerprint density at radius 2 is 1.82 bits per heavy atom. The fourth-order valence-electron chi connectivity index (χ4n) is 3.22. The number of para-hydroxylation sites is 1. The van der Waals surface area contributed by atoms with Crippen molar-refractivity contribution >= 4 is 29.1 Å². The lowest BCUT2D eigenvalue weighted by atomic mass is 10.1. The van der Waals surface area contributed by atoms with E-state index in [2.05, 4.69) is 10.6 Å². The quantitative estimate of drug-likeness (QED) is 0.809. The minimum atomic E-state index is -0.458. The lowest BCUT2D eigenvalue weighted by molar-refractivity contribution is -0.122. The predicted octanol–water partition coefficient (Wildman–Crippen LogP) is 3.13. The molecule has 0 aliphatic carbocycles. The van der Waals surface area contributed by atoms with Gasteiger partial charge in [-0.05, 0) is 37.6 Å². The average Bonchev–Trinajstić information content (AvgIpc) is 3.09. The molecule has 2 N–H and O–H groups in total. The molecule has 3 amide bonds. The predicted molar refractivity (Wildman–Crippen MR) is 109 cm³/mol. The van der Waals surface area contributed by atoms with E-state index in [9.17, 15) is 14.4 Å². The van der Waals surface area contributed by atoms with E-state index in [0.29, 0.717) is 24.3 Å². The SMILES string of the molecule is CCCNC(=O)c1ccccc1NC(=O)[C@H]1CC(=O)N(c2ccc(C)cc2)C1. The summed E-state index contributed by atoms with van der Waals surface area (Å²) in [6.45, 7) is 4.87. The molecule has 0 spiro atoms. The molecule has 3 rings (SSSR count). The maximum absolute atomic E-state index is 12.8. The van der Waals surface area contributed by atoms with Gasteiger partial charge in [-0.15, -0.1) is 0 Å². The van der Waals surface area contributed by atoms with Gasteiger partial charge >= 0.3 is 0 Å². The molecule has 0 aromatic heterocycles. The maximum Gasteiger partial charge on any atom is 0.253 e. The first kappa shape index (κ1) is 19.6. The molecule has 6 nitrogen and oxygen atoms in total. The van der Waals surface area contributed by atoms with Crippen LogP contribution in [0, 0.1) is 12.8 Å². The molecule has 0 unspecified atom stereocenters. The number of benzene rings is 2. The molecule has 146 valence electrons. The lowest BCUT2D eigenvalue weighted by Gasteiger charge is -2.17. The van der Waals surface area contributed by atoms with Gasteiger partial charge in [0, 0.05) is 25.2 Å². The second-order valence-corrected chi connectivity index (χ2v) is 7.03. The van der Waals surface area contributed by atoms with E-state index in [0.717, 1.165) is 17.7 Å². The van der Waals surface area contributed by atoms with Gasteiger partial charge in [0.1, 0.15) is 0 Å². The topological polar surface area (TPSA) is 78.5 Å². The Labute approximate surface area is 164 Å². The Bertz CT molecular complexity index is 877. The van der Waals surface area contributed by atoms with Crippen LogP contribution in [0.25, 0.3) is 0 Å². The fraction of sp³-hybridized carbons (Fsp3) is 0.318. The van der Waals surface area contributed by atoms with Crippen LogP contribution >= 0.6 is 0 Å². The van der Waals surface area contributed by atoms with E-state index < -0.39 is 5.92 Å². The van der Waals surface area contributed by atoms with E-state index in [1.807, 2.05) is 38.1 Å². The summed E-state index contributed by atoms with van der Waals surface area (Å²) in [5.41, 5.74) is 2.79. The summed E-state index contributed by atoms with van der Waals surface area (Å²) in [6, 6.07) is 14.6. The summed E-state index contributed by atoms with van der Waals surface area (Å²) < 4.78 is 0. The van der Waals surface area contributed by atoms with Gasteiger partial charge in [-0.1, -0.05) is 36.8 Å². The largest absolute Gasteiger partial charge is 0.352 e. The number of hydrogen-bond acceptors (Lipinski definition) is 3. The van der Waals surface area contributed by atoms with Crippen molar-refractivity contribution in [1.82, 2.24) is 5.32 Å². The molecule has 28 heavy (non-hydrogen) atoms. The summed E-state index contributed by atoms with van der Waals surface area (Å²) in [7, 11) is 0.